The number of fused-ring (bicyclic) bond motifs is 1. The normalized spacial score (nSPS) is 18.3. The molecule has 2 N–H and O–H groups in total. The third kappa shape index (κ3) is 9.38. The van der Waals surface area contributed by atoms with Crippen molar-refractivity contribution in [1.29, 1.82) is 0 Å². The number of carbonyl (C=O) groups excluding carboxylic acids is 1. The summed E-state index contributed by atoms with van der Waals surface area (Å²) < 4.78 is 41.3. The van der Waals surface area contributed by atoms with Crippen LogP contribution in [0.2, 0.25) is 5.02 Å². The first kappa shape index (κ1) is 41.5. The molecule has 4 aromatic rings. The van der Waals surface area contributed by atoms with Crippen molar-refractivity contribution in [3.8, 4) is 11.5 Å². The lowest BCUT2D eigenvalue weighted by molar-refractivity contribution is -0.384. The summed E-state index contributed by atoms with van der Waals surface area (Å²) in [5.41, 5.74) is 9.84. The largest absolute Gasteiger partial charge is 0.456 e. The van der Waals surface area contributed by atoms with Crippen LogP contribution in [0.5, 0.6) is 11.5 Å². The zero-order valence-corrected chi connectivity index (χ0v) is 35.4. The summed E-state index contributed by atoms with van der Waals surface area (Å²) in [5, 5.41) is 14.6. The van der Waals surface area contributed by atoms with Gasteiger partial charge in [-0.3, -0.25) is 19.8 Å². The van der Waals surface area contributed by atoms with Gasteiger partial charge in [0.05, 0.1) is 28.6 Å². The lowest BCUT2D eigenvalue weighted by Crippen LogP contribution is -2.47. The SMILES string of the molecule is CC1(C)CCC(CN2CCN(c3ccc(C(=O)NS(=O)(=O)c4ccc(NN5CCOCC5)c([N+](=O)[O-])c4)c(Oc4cccc5c4C=CC5)c3)CC2)=C(c2ccc(Cl)cc2)C1. The number of hydrogen-bond donors (Lipinski definition) is 2. The number of halogens is 1. The number of sulfonamides is 1. The molecule has 2 heterocycles. The second-order valence-electron chi connectivity index (χ2n) is 16.5. The highest BCUT2D eigenvalue weighted by Crippen LogP contribution is 2.44. The minimum atomic E-state index is -4.55. The molecule has 60 heavy (non-hydrogen) atoms. The Kier molecular flexibility index (Phi) is 12.0. The lowest BCUT2D eigenvalue weighted by Gasteiger charge is -2.39. The number of carbonyl (C=O) groups is 1. The number of hydrazine groups is 1. The van der Waals surface area contributed by atoms with Gasteiger partial charge < -0.3 is 19.8 Å². The van der Waals surface area contributed by atoms with E-state index in [1.165, 1.54) is 28.8 Å². The van der Waals surface area contributed by atoms with E-state index in [-0.39, 0.29) is 22.4 Å². The highest BCUT2D eigenvalue weighted by molar-refractivity contribution is 7.90. The average Bonchev–Trinajstić information content (AvgIpc) is 3.72. The molecule has 15 heteroatoms. The maximum absolute atomic E-state index is 14.0. The number of nitro groups is 1. The van der Waals surface area contributed by atoms with Gasteiger partial charge in [-0.25, -0.2) is 18.1 Å². The smallest absolute Gasteiger partial charge is 0.295 e. The highest BCUT2D eigenvalue weighted by atomic mass is 35.5. The van der Waals surface area contributed by atoms with Crippen LogP contribution in [0.3, 0.4) is 0 Å². The van der Waals surface area contributed by atoms with Crippen LogP contribution in [-0.2, 0) is 21.2 Å². The van der Waals surface area contributed by atoms with Crippen LogP contribution in [0.15, 0.2) is 95.4 Å². The number of benzene rings is 4. The summed E-state index contributed by atoms with van der Waals surface area (Å²) >= 11 is 6.24. The van der Waals surface area contributed by atoms with Gasteiger partial charge in [0.2, 0.25) is 0 Å². The number of amides is 1. The topological polar surface area (TPSA) is 147 Å². The summed E-state index contributed by atoms with van der Waals surface area (Å²) in [5.74, 6) is -0.197. The molecule has 4 aromatic carbocycles. The van der Waals surface area contributed by atoms with Gasteiger partial charge in [-0.1, -0.05) is 67.4 Å². The van der Waals surface area contributed by atoms with Crippen LogP contribution in [-0.4, -0.2) is 88.2 Å². The van der Waals surface area contributed by atoms with Crippen LogP contribution in [0, 0.1) is 15.5 Å². The third-order valence-corrected chi connectivity index (χ3v) is 13.3. The number of rotatable bonds is 12. The Labute approximate surface area is 355 Å². The molecule has 0 atom stereocenters. The lowest BCUT2D eigenvalue weighted by atomic mass is 9.72. The van der Waals surface area contributed by atoms with E-state index in [0.29, 0.717) is 32.1 Å². The first-order valence-corrected chi connectivity index (χ1v) is 22.2. The van der Waals surface area contributed by atoms with Gasteiger partial charge in [0.15, 0.2) is 0 Å². The van der Waals surface area contributed by atoms with Gasteiger partial charge in [-0.2, -0.15) is 0 Å². The molecule has 13 nitrogen and oxygen atoms in total. The Hall–Kier alpha value is -5.25. The zero-order chi connectivity index (χ0) is 42.0. The van der Waals surface area contributed by atoms with Crippen LogP contribution in [0.25, 0.3) is 11.6 Å². The van der Waals surface area contributed by atoms with Gasteiger partial charge in [0, 0.05) is 74.2 Å². The molecule has 0 aromatic heterocycles. The van der Waals surface area contributed by atoms with E-state index in [1.807, 2.05) is 42.5 Å². The number of piperazine rings is 1. The first-order valence-electron chi connectivity index (χ1n) is 20.3. The first-order chi connectivity index (χ1) is 28.8. The summed E-state index contributed by atoms with van der Waals surface area (Å²) in [6, 6.07) is 22.6. The molecule has 0 unspecified atom stereocenters. The summed E-state index contributed by atoms with van der Waals surface area (Å²) in [7, 11) is -4.55. The number of nitro benzene ring substituents is 1. The minimum Gasteiger partial charge on any atom is -0.456 e. The summed E-state index contributed by atoms with van der Waals surface area (Å²) in [6.07, 6.45) is 7.99. The molecular formula is C45H49ClN6O7S. The quantitative estimate of drug-likeness (QED) is 0.105. The number of morpholine rings is 1. The van der Waals surface area contributed by atoms with Crippen molar-refractivity contribution >= 4 is 56.2 Å². The number of nitrogens with one attached hydrogen (secondary N) is 2. The fourth-order valence-electron chi connectivity index (χ4n) is 8.35. The van der Waals surface area contributed by atoms with E-state index in [4.69, 9.17) is 21.1 Å². The monoisotopic (exact) mass is 852 g/mol. The third-order valence-electron chi connectivity index (χ3n) is 11.7. The number of ether oxygens (including phenoxy) is 2. The predicted octanol–water partition coefficient (Wildman–Crippen LogP) is 8.17. The van der Waals surface area contributed by atoms with Gasteiger partial charge in [-0.15, -0.1) is 0 Å². The van der Waals surface area contributed by atoms with Crippen molar-refractivity contribution in [2.24, 2.45) is 5.41 Å². The Bertz CT molecular complexity index is 2460. The molecule has 314 valence electrons. The van der Waals surface area contributed by atoms with Crippen LogP contribution in [0.4, 0.5) is 17.1 Å². The minimum absolute atomic E-state index is 0.00235. The van der Waals surface area contributed by atoms with Crippen molar-refractivity contribution < 1.29 is 27.6 Å². The van der Waals surface area contributed by atoms with Gasteiger partial charge in [0.25, 0.3) is 21.6 Å². The molecule has 0 radical (unpaired) electrons. The Morgan fingerprint density at radius 1 is 0.950 bits per heavy atom. The molecule has 2 saturated heterocycles. The van der Waals surface area contributed by atoms with E-state index in [0.717, 1.165) is 86.3 Å². The van der Waals surface area contributed by atoms with E-state index in [9.17, 15) is 23.3 Å². The molecule has 0 spiro atoms. The molecule has 0 bridgehead atoms. The fraction of sp³-hybridized carbons (Fsp3) is 0.356. The molecule has 8 rings (SSSR count). The van der Waals surface area contributed by atoms with Crippen LogP contribution >= 0.6 is 11.6 Å². The van der Waals surface area contributed by atoms with Crippen molar-refractivity contribution in [1.82, 2.24) is 14.6 Å². The maximum Gasteiger partial charge on any atom is 0.295 e. The van der Waals surface area contributed by atoms with E-state index in [1.54, 1.807) is 23.2 Å². The molecule has 0 saturated carbocycles. The Morgan fingerprint density at radius 3 is 2.47 bits per heavy atom. The van der Waals surface area contributed by atoms with Crippen LogP contribution in [0.1, 0.15) is 60.2 Å². The van der Waals surface area contributed by atoms with Crippen molar-refractivity contribution in [2.75, 3.05) is 69.4 Å². The highest BCUT2D eigenvalue weighted by Gasteiger charge is 2.31. The maximum atomic E-state index is 14.0. The second-order valence-corrected chi connectivity index (χ2v) is 18.6. The number of anilines is 2. The van der Waals surface area contributed by atoms with Gasteiger partial charge in [-0.05, 0) is 90.3 Å². The van der Waals surface area contributed by atoms with E-state index < -0.39 is 31.4 Å². The second kappa shape index (κ2) is 17.4. The molecular weight excluding hydrogens is 804 g/mol. The predicted molar refractivity (Wildman–Crippen MR) is 234 cm³/mol. The van der Waals surface area contributed by atoms with E-state index >= 15 is 0 Å². The average molecular weight is 853 g/mol. The number of allylic oxidation sites excluding steroid dienone is 2. The van der Waals surface area contributed by atoms with E-state index in [2.05, 4.69) is 45.9 Å². The Morgan fingerprint density at radius 2 is 1.72 bits per heavy atom. The molecule has 2 aliphatic carbocycles. The molecule has 2 aliphatic heterocycles. The Balaban J connectivity index is 1.02. The summed E-state index contributed by atoms with van der Waals surface area (Å²) in [4.78, 5) is 29.7. The standard InChI is InChI=1S/C45H49ClN6O7S/c1-45(2)18-17-33(39(29-45)32-9-11-34(46)12-10-32)30-49-19-21-50(22-20-49)35-13-15-38(43(27-35)59-42-8-4-6-31-5-3-7-37(31)42)44(53)48-60(56,57)36-14-16-40(41(28-36)52(54)55)47-51-23-25-58-26-24-51/h3-4,6-16,27-28,47H,5,17-26,29-30H2,1-2H3,(H,48,53). The van der Waals surface area contributed by atoms with Crippen molar-refractivity contribution in [2.45, 2.75) is 44.4 Å². The molecule has 1 amide bonds. The zero-order valence-electron chi connectivity index (χ0n) is 33.8. The fourth-order valence-corrected chi connectivity index (χ4v) is 9.46. The van der Waals surface area contributed by atoms with Crippen LogP contribution < -0.4 is 19.8 Å². The number of hydrogen-bond acceptors (Lipinski definition) is 11. The van der Waals surface area contributed by atoms with Gasteiger partial charge in [0.1, 0.15) is 17.2 Å². The number of nitrogens with zero attached hydrogens (tertiary/aromatic N) is 4. The van der Waals surface area contributed by atoms with Crippen molar-refractivity contribution in [3.63, 3.8) is 0 Å². The van der Waals surface area contributed by atoms with Gasteiger partial charge >= 0.3 is 0 Å². The molecule has 2 fully saturated rings. The summed E-state index contributed by atoms with van der Waals surface area (Å²) in [6.45, 7) is 10.6. The van der Waals surface area contributed by atoms with Crippen molar-refractivity contribution in [3.05, 3.63) is 128 Å². The molecule has 4 aliphatic rings.